The average Bonchev–Trinajstić information content (AvgIpc) is 3.06. The molecule has 1 unspecified atom stereocenters. The highest BCUT2D eigenvalue weighted by Crippen LogP contribution is 2.19. The Labute approximate surface area is 165 Å². The fourth-order valence-corrected chi connectivity index (χ4v) is 3.39. The zero-order valence-corrected chi connectivity index (χ0v) is 15.7. The van der Waals surface area contributed by atoms with Crippen LogP contribution in [0.2, 0.25) is 0 Å². The van der Waals surface area contributed by atoms with Crippen molar-refractivity contribution in [3.8, 4) is 0 Å². The Balaban J connectivity index is 1.47. The second kappa shape index (κ2) is 8.83. The van der Waals surface area contributed by atoms with E-state index in [1.165, 1.54) is 5.56 Å². The maximum atomic E-state index is 10.6. The third-order valence-corrected chi connectivity index (χ3v) is 4.75. The molecule has 1 N–H and O–H groups in total. The summed E-state index contributed by atoms with van der Waals surface area (Å²) in [5.74, 6) is 0.953. The van der Waals surface area contributed by atoms with Crippen LogP contribution in [-0.4, -0.2) is 27.4 Å². The number of hydrogen-bond acceptors (Lipinski definition) is 3. The molecule has 0 aliphatic rings. The minimum Gasteiger partial charge on any atom is -0.389 e. The van der Waals surface area contributed by atoms with E-state index in [-0.39, 0.29) is 6.61 Å². The molecule has 1 atom stereocenters. The fraction of sp³-hybridized carbons (Fsp3) is 0.208. The lowest BCUT2D eigenvalue weighted by atomic mass is 10.1. The number of rotatable bonds is 8. The Morgan fingerprint density at radius 2 is 1.46 bits per heavy atom. The van der Waals surface area contributed by atoms with Gasteiger partial charge in [-0.3, -0.25) is 0 Å². The second-order valence-corrected chi connectivity index (χ2v) is 6.94. The van der Waals surface area contributed by atoms with Gasteiger partial charge in [-0.15, -0.1) is 0 Å². The van der Waals surface area contributed by atoms with Crippen LogP contribution in [-0.2, 0) is 24.3 Å². The lowest BCUT2D eigenvalue weighted by Crippen LogP contribution is -2.23. The van der Waals surface area contributed by atoms with Crippen LogP contribution < -0.4 is 0 Å². The van der Waals surface area contributed by atoms with Gasteiger partial charge >= 0.3 is 0 Å². The van der Waals surface area contributed by atoms with Crippen molar-refractivity contribution in [3.63, 3.8) is 0 Å². The summed E-state index contributed by atoms with van der Waals surface area (Å²) in [6.45, 7) is 1.24. The van der Waals surface area contributed by atoms with Gasteiger partial charge in [0, 0.05) is 6.42 Å². The van der Waals surface area contributed by atoms with Crippen molar-refractivity contribution < 1.29 is 9.84 Å². The molecule has 142 valence electrons. The molecule has 1 aromatic heterocycles. The van der Waals surface area contributed by atoms with Crippen molar-refractivity contribution >= 4 is 11.0 Å². The van der Waals surface area contributed by atoms with Gasteiger partial charge in [0.15, 0.2) is 0 Å². The topological polar surface area (TPSA) is 47.3 Å². The Hall–Kier alpha value is -2.95. The molecule has 0 saturated heterocycles. The van der Waals surface area contributed by atoms with E-state index in [0.717, 1.165) is 28.8 Å². The van der Waals surface area contributed by atoms with Gasteiger partial charge in [-0.25, -0.2) is 4.98 Å². The number of aliphatic hydroxyl groups is 1. The molecule has 0 fully saturated rings. The first kappa shape index (κ1) is 18.4. The molecule has 0 spiro atoms. The smallest absolute Gasteiger partial charge is 0.114 e. The van der Waals surface area contributed by atoms with Crippen LogP contribution in [0, 0.1) is 0 Å². The number of aromatic nitrogens is 2. The summed E-state index contributed by atoms with van der Waals surface area (Å²) in [7, 11) is 0. The number of fused-ring (bicyclic) bond motifs is 1. The minimum atomic E-state index is -0.601. The predicted octanol–water partition coefficient (Wildman–Crippen LogP) is 4.20. The number of ether oxygens (including phenoxy) is 1. The highest BCUT2D eigenvalue weighted by molar-refractivity contribution is 5.76. The third kappa shape index (κ3) is 4.47. The second-order valence-electron chi connectivity index (χ2n) is 6.94. The maximum Gasteiger partial charge on any atom is 0.114 e. The van der Waals surface area contributed by atoms with Gasteiger partial charge in [0.05, 0.1) is 36.9 Å². The molecular weight excluding hydrogens is 348 g/mol. The van der Waals surface area contributed by atoms with Crippen LogP contribution in [0.1, 0.15) is 17.0 Å². The Morgan fingerprint density at radius 3 is 2.21 bits per heavy atom. The number of aliphatic hydroxyl groups excluding tert-OH is 1. The summed E-state index contributed by atoms with van der Waals surface area (Å²) >= 11 is 0. The van der Waals surface area contributed by atoms with Crippen LogP contribution in [0.15, 0.2) is 84.9 Å². The van der Waals surface area contributed by atoms with Gasteiger partial charge in [0.1, 0.15) is 5.82 Å². The molecule has 0 amide bonds. The first-order valence-electron chi connectivity index (χ1n) is 9.57. The standard InChI is InChI=1S/C24H24N2O2/c27-21(18-28-17-20-11-5-2-6-12-20)16-26-23-14-8-7-13-22(23)25-24(26)15-19-9-3-1-4-10-19/h1-14,21,27H,15-18H2. The van der Waals surface area contributed by atoms with Crippen LogP contribution in [0.4, 0.5) is 0 Å². The van der Waals surface area contributed by atoms with E-state index in [9.17, 15) is 5.11 Å². The zero-order valence-electron chi connectivity index (χ0n) is 15.7. The van der Waals surface area contributed by atoms with E-state index in [2.05, 4.69) is 16.7 Å². The van der Waals surface area contributed by atoms with E-state index in [0.29, 0.717) is 13.2 Å². The third-order valence-electron chi connectivity index (χ3n) is 4.75. The molecule has 28 heavy (non-hydrogen) atoms. The summed E-state index contributed by atoms with van der Waals surface area (Å²) in [4.78, 5) is 4.80. The predicted molar refractivity (Wildman–Crippen MR) is 111 cm³/mol. The SMILES string of the molecule is OC(COCc1ccccc1)Cn1c(Cc2ccccc2)nc2ccccc21. The van der Waals surface area contributed by atoms with E-state index in [4.69, 9.17) is 9.72 Å². The molecule has 0 aliphatic carbocycles. The summed E-state index contributed by atoms with van der Waals surface area (Å²) in [6.07, 6.45) is 0.128. The van der Waals surface area contributed by atoms with Gasteiger partial charge in [0.2, 0.25) is 0 Å². The van der Waals surface area contributed by atoms with Crippen molar-refractivity contribution in [1.29, 1.82) is 0 Å². The molecule has 4 aromatic rings. The van der Waals surface area contributed by atoms with Gasteiger partial charge in [0.25, 0.3) is 0 Å². The minimum absolute atomic E-state index is 0.284. The maximum absolute atomic E-state index is 10.6. The molecule has 3 aromatic carbocycles. The van der Waals surface area contributed by atoms with Crippen molar-refractivity contribution in [2.75, 3.05) is 6.61 Å². The molecule has 0 saturated carbocycles. The summed E-state index contributed by atoms with van der Waals surface area (Å²) < 4.78 is 7.83. The monoisotopic (exact) mass is 372 g/mol. The van der Waals surface area contributed by atoms with Crippen molar-refractivity contribution in [2.45, 2.75) is 25.7 Å². The van der Waals surface area contributed by atoms with Crippen molar-refractivity contribution in [2.24, 2.45) is 0 Å². The molecule has 4 nitrogen and oxygen atoms in total. The lowest BCUT2D eigenvalue weighted by Gasteiger charge is -2.15. The number of nitrogens with zero attached hydrogens (tertiary/aromatic N) is 2. The molecule has 0 radical (unpaired) electrons. The quantitative estimate of drug-likeness (QED) is 0.504. The number of imidazole rings is 1. The molecule has 4 rings (SSSR count). The van der Waals surface area contributed by atoms with E-state index in [1.54, 1.807) is 0 Å². The summed E-state index contributed by atoms with van der Waals surface area (Å²) in [6, 6.07) is 28.3. The Bertz CT molecular complexity index is 1010. The van der Waals surface area contributed by atoms with Crippen LogP contribution in [0.5, 0.6) is 0 Å². The zero-order chi connectivity index (χ0) is 19.2. The first-order valence-corrected chi connectivity index (χ1v) is 9.57. The lowest BCUT2D eigenvalue weighted by molar-refractivity contribution is 0.0205. The number of benzene rings is 3. The van der Waals surface area contributed by atoms with Gasteiger partial charge in [-0.1, -0.05) is 72.8 Å². The summed E-state index contributed by atoms with van der Waals surface area (Å²) in [5, 5.41) is 10.6. The van der Waals surface area contributed by atoms with E-state index >= 15 is 0 Å². The molecular formula is C24H24N2O2. The Kier molecular flexibility index (Phi) is 5.80. The molecule has 1 heterocycles. The van der Waals surface area contributed by atoms with Gasteiger partial charge in [-0.2, -0.15) is 0 Å². The molecule has 4 heteroatoms. The molecule has 0 bridgehead atoms. The number of para-hydroxylation sites is 2. The number of hydrogen-bond donors (Lipinski definition) is 1. The van der Waals surface area contributed by atoms with Crippen LogP contribution >= 0.6 is 0 Å². The fourth-order valence-electron chi connectivity index (χ4n) is 3.39. The summed E-state index contributed by atoms with van der Waals surface area (Å²) in [5.41, 5.74) is 4.29. The Morgan fingerprint density at radius 1 is 0.821 bits per heavy atom. The highest BCUT2D eigenvalue weighted by atomic mass is 16.5. The van der Waals surface area contributed by atoms with E-state index < -0.39 is 6.10 Å². The van der Waals surface area contributed by atoms with Crippen molar-refractivity contribution in [1.82, 2.24) is 9.55 Å². The largest absolute Gasteiger partial charge is 0.389 e. The average molecular weight is 372 g/mol. The van der Waals surface area contributed by atoms with E-state index in [1.807, 2.05) is 72.8 Å². The first-order chi connectivity index (χ1) is 13.8. The molecule has 0 aliphatic heterocycles. The van der Waals surface area contributed by atoms with Crippen molar-refractivity contribution in [3.05, 3.63) is 102 Å². The normalized spacial score (nSPS) is 12.3. The van der Waals surface area contributed by atoms with Gasteiger partial charge < -0.3 is 14.4 Å². The highest BCUT2D eigenvalue weighted by Gasteiger charge is 2.15. The van der Waals surface area contributed by atoms with Gasteiger partial charge in [-0.05, 0) is 23.3 Å². The van der Waals surface area contributed by atoms with Crippen LogP contribution in [0.25, 0.3) is 11.0 Å². The van der Waals surface area contributed by atoms with Crippen LogP contribution in [0.3, 0.4) is 0 Å².